The maximum Gasteiger partial charge on any atom is 0.251 e. The van der Waals surface area contributed by atoms with Crippen molar-refractivity contribution in [2.24, 2.45) is 0 Å². The van der Waals surface area contributed by atoms with Gasteiger partial charge in [0.15, 0.2) is 0 Å². The molecule has 102 valence electrons. The smallest absolute Gasteiger partial charge is 0.251 e. The first kappa shape index (κ1) is 16.9. The number of likely N-dealkylation sites (N-methyl/N-ethyl adjacent to an activating group) is 1. The van der Waals surface area contributed by atoms with Crippen molar-refractivity contribution in [1.29, 1.82) is 0 Å². The molecule has 4 heteroatoms. The van der Waals surface area contributed by atoms with Crippen molar-refractivity contribution in [1.82, 2.24) is 10.6 Å². The summed E-state index contributed by atoms with van der Waals surface area (Å²) in [4.78, 5) is 12.0. The van der Waals surface area contributed by atoms with E-state index in [1.54, 1.807) is 0 Å². The Bertz CT molecular complexity index is 393. The average Bonchev–Trinajstić information content (AvgIpc) is 2.29. The van der Waals surface area contributed by atoms with Crippen LogP contribution in [0.2, 0.25) is 0 Å². The summed E-state index contributed by atoms with van der Waals surface area (Å²) in [5.74, 6) is 0.0101. The van der Waals surface area contributed by atoms with E-state index in [9.17, 15) is 4.79 Å². The van der Waals surface area contributed by atoms with Gasteiger partial charge in [-0.2, -0.15) is 0 Å². The first-order valence-corrected chi connectivity index (χ1v) is 6.13. The van der Waals surface area contributed by atoms with E-state index in [-0.39, 0.29) is 18.3 Å². The molecule has 1 aromatic carbocycles. The molecular formula is C14H23ClN2O. The van der Waals surface area contributed by atoms with Crippen LogP contribution in [0.1, 0.15) is 35.3 Å². The molecule has 0 aromatic heterocycles. The molecule has 0 heterocycles. The van der Waals surface area contributed by atoms with Gasteiger partial charge in [0, 0.05) is 18.2 Å². The lowest BCUT2D eigenvalue weighted by atomic mass is 10.1. The molecule has 0 bridgehead atoms. The number of hydrogen-bond acceptors (Lipinski definition) is 2. The molecule has 2 N–H and O–H groups in total. The van der Waals surface area contributed by atoms with E-state index >= 15 is 0 Å². The van der Waals surface area contributed by atoms with E-state index in [1.807, 2.05) is 32.0 Å². The van der Waals surface area contributed by atoms with Gasteiger partial charge in [-0.25, -0.2) is 0 Å². The summed E-state index contributed by atoms with van der Waals surface area (Å²) in [6.07, 6.45) is 0. The summed E-state index contributed by atoms with van der Waals surface area (Å²) in [6.45, 7) is 9.65. The fourth-order valence-corrected chi connectivity index (χ4v) is 1.74. The maximum atomic E-state index is 12.0. The van der Waals surface area contributed by atoms with E-state index in [2.05, 4.69) is 24.5 Å². The summed E-state index contributed by atoms with van der Waals surface area (Å²) in [5.41, 5.74) is 2.90. The van der Waals surface area contributed by atoms with Gasteiger partial charge in [0.05, 0.1) is 0 Å². The fraction of sp³-hybridized carbons (Fsp3) is 0.500. The van der Waals surface area contributed by atoms with Crippen molar-refractivity contribution < 1.29 is 4.79 Å². The normalized spacial score (nSPS) is 11.6. The second-order valence-electron chi connectivity index (χ2n) is 4.49. The highest BCUT2D eigenvalue weighted by molar-refractivity contribution is 5.95. The van der Waals surface area contributed by atoms with Gasteiger partial charge in [0.1, 0.15) is 0 Å². The molecular weight excluding hydrogens is 248 g/mol. The molecule has 0 aliphatic heterocycles. The van der Waals surface area contributed by atoms with Gasteiger partial charge in [0.25, 0.3) is 5.91 Å². The van der Waals surface area contributed by atoms with Crippen molar-refractivity contribution in [3.05, 3.63) is 34.9 Å². The summed E-state index contributed by atoms with van der Waals surface area (Å²) in [5, 5.41) is 6.21. The van der Waals surface area contributed by atoms with Crippen LogP contribution in [-0.2, 0) is 0 Å². The summed E-state index contributed by atoms with van der Waals surface area (Å²) in [6, 6.07) is 6.24. The Balaban J connectivity index is 0.00000289. The summed E-state index contributed by atoms with van der Waals surface area (Å²) >= 11 is 0. The predicted molar refractivity (Wildman–Crippen MR) is 78.6 cm³/mol. The van der Waals surface area contributed by atoms with Crippen LogP contribution < -0.4 is 10.6 Å². The lowest BCUT2D eigenvalue weighted by Crippen LogP contribution is -2.39. The molecule has 1 atom stereocenters. The van der Waals surface area contributed by atoms with E-state index in [4.69, 9.17) is 0 Å². The Morgan fingerprint density at radius 1 is 1.33 bits per heavy atom. The lowest BCUT2D eigenvalue weighted by Gasteiger charge is -2.14. The highest BCUT2D eigenvalue weighted by Gasteiger charge is 2.09. The second kappa shape index (κ2) is 8.11. The van der Waals surface area contributed by atoms with Crippen molar-refractivity contribution in [2.45, 2.75) is 33.7 Å². The fourth-order valence-electron chi connectivity index (χ4n) is 1.74. The van der Waals surface area contributed by atoms with Crippen LogP contribution in [0.4, 0.5) is 0 Å². The Hall–Kier alpha value is -1.06. The number of halogens is 1. The standard InChI is InChI=1S/C14H22N2O.ClH/c1-5-15-12(4)9-16-14(17)13-8-10(2)6-7-11(13)3;/h6-8,12,15H,5,9H2,1-4H3,(H,16,17);1H/t12-;/m1./s1. The minimum atomic E-state index is 0. The lowest BCUT2D eigenvalue weighted by molar-refractivity contribution is 0.0949. The topological polar surface area (TPSA) is 41.1 Å². The number of rotatable bonds is 5. The largest absolute Gasteiger partial charge is 0.350 e. The Morgan fingerprint density at radius 2 is 2.00 bits per heavy atom. The molecule has 0 aliphatic rings. The number of carbonyl (C=O) groups is 1. The molecule has 3 nitrogen and oxygen atoms in total. The van der Waals surface area contributed by atoms with Crippen LogP contribution >= 0.6 is 12.4 Å². The number of aryl methyl sites for hydroxylation is 2. The molecule has 1 aromatic rings. The SMILES string of the molecule is CCN[C@H](C)CNC(=O)c1cc(C)ccc1C.Cl. The molecule has 18 heavy (non-hydrogen) atoms. The number of nitrogens with one attached hydrogen (secondary N) is 2. The Morgan fingerprint density at radius 3 is 2.61 bits per heavy atom. The number of benzene rings is 1. The minimum absolute atomic E-state index is 0. The number of amides is 1. The average molecular weight is 271 g/mol. The predicted octanol–water partition coefficient (Wildman–Crippen LogP) is 2.45. The Kier molecular flexibility index (Phi) is 7.64. The molecule has 0 unspecified atom stereocenters. The third kappa shape index (κ3) is 5.07. The van der Waals surface area contributed by atoms with Crippen LogP contribution in [0.3, 0.4) is 0 Å². The van der Waals surface area contributed by atoms with Crippen molar-refractivity contribution >= 4 is 18.3 Å². The van der Waals surface area contributed by atoms with Gasteiger partial charge in [-0.3, -0.25) is 4.79 Å². The van der Waals surface area contributed by atoms with E-state index in [1.165, 1.54) is 0 Å². The Labute approximate surface area is 116 Å². The third-order valence-corrected chi connectivity index (χ3v) is 2.76. The molecule has 0 saturated carbocycles. The van der Waals surface area contributed by atoms with Crippen molar-refractivity contribution in [3.8, 4) is 0 Å². The first-order valence-electron chi connectivity index (χ1n) is 6.13. The highest BCUT2D eigenvalue weighted by atomic mass is 35.5. The van der Waals surface area contributed by atoms with E-state index in [0.717, 1.165) is 23.2 Å². The van der Waals surface area contributed by atoms with Gasteiger partial charge in [-0.05, 0) is 38.9 Å². The van der Waals surface area contributed by atoms with Crippen molar-refractivity contribution in [2.75, 3.05) is 13.1 Å². The van der Waals surface area contributed by atoms with Gasteiger partial charge >= 0.3 is 0 Å². The molecule has 0 radical (unpaired) electrons. The third-order valence-electron chi connectivity index (χ3n) is 2.76. The van der Waals surface area contributed by atoms with Gasteiger partial charge in [-0.15, -0.1) is 12.4 Å². The number of hydrogen-bond donors (Lipinski definition) is 2. The first-order chi connectivity index (χ1) is 8.04. The monoisotopic (exact) mass is 270 g/mol. The maximum absolute atomic E-state index is 12.0. The van der Waals surface area contributed by atoms with E-state index in [0.29, 0.717) is 12.6 Å². The number of carbonyl (C=O) groups excluding carboxylic acids is 1. The molecule has 0 aliphatic carbocycles. The van der Waals surface area contributed by atoms with Crippen molar-refractivity contribution in [3.63, 3.8) is 0 Å². The van der Waals surface area contributed by atoms with Crippen LogP contribution in [0.25, 0.3) is 0 Å². The molecule has 0 fully saturated rings. The van der Waals surface area contributed by atoms with Crippen LogP contribution in [0.15, 0.2) is 18.2 Å². The molecule has 0 spiro atoms. The summed E-state index contributed by atoms with van der Waals surface area (Å²) in [7, 11) is 0. The highest BCUT2D eigenvalue weighted by Crippen LogP contribution is 2.10. The summed E-state index contributed by atoms with van der Waals surface area (Å²) < 4.78 is 0. The second-order valence-corrected chi connectivity index (χ2v) is 4.49. The van der Waals surface area contributed by atoms with Gasteiger partial charge < -0.3 is 10.6 Å². The molecule has 0 saturated heterocycles. The zero-order valence-corrected chi connectivity index (χ0v) is 12.4. The minimum Gasteiger partial charge on any atom is -0.350 e. The van der Waals surface area contributed by atoms with Crippen LogP contribution in [0.5, 0.6) is 0 Å². The van der Waals surface area contributed by atoms with Crippen LogP contribution in [0, 0.1) is 13.8 Å². The quantitative estimate of drug-likeness (QED) is 0.863. The zero-order chi connectivity index (χ0) is 12.8. The van der Waals surface area contributed by atoms with Gasteiger partial charge in [-0.1, -0.05) is 24.6 Å². The van der Waals surface area contributed by atoms with E-state index < -0.39 is 0 Å². The zero-order valence-electron chi connectivity index (χ0n) is 11.5. The van der Waals surface area contributed by atoms with Crippen LogP contribution in [-0.4, -0.2) is 25.0 Å². The molecule has 1 amide bonds. The molecule has 1 rings (SSSR count). The van der Waals surface area contributed by atoms with Gasteiger partial charge in [0.2, 0.25) is 0 Å².